The van der Waals surface area contributed by atoms with E-state index in [-0.39, 0.29) is 0 Å². The van der Waals surface area contributed by atoms with Gasteiger partial charge in [-0.15, -0.1) is 0 Å². The Bertz CT molecular complexity index is 1050. The summed E-state index contributed by atoms with van der Waals surface area (Å²) in [6.45, 7) is 0.432. The van der Waals surface area contributed by atoms with Gasteiger partial charge < -0.3 is 4.57 Å². The molecule has 0 atom stereocenters. The smallest absolute Gasteiger partial charge is 0.233 e. The Labute approximate surface area is 139 Å². The Morgan fingerprint density at radius 3 is 2.83 bits per heavy atom. The number of nitriles is 1. The van der Waals surface area contributed by atoms with Crippen LogP contribution in [0.5, 0.6) is 0 Å². The van der Waals surface area contributed by atoms with Crippen molar-refractivity contribution >= 4 is 26.7 Å². The highest BCUT2D eigenvalue weighted by atomic mass is 32.2. The second-order valence-corrected chi connectivity index (χ2v) is 7.41. The molecule has 0 spiro atoms. The number of hydrogen-bond acceptors (Lipinski definition) is 5. The predicted molar refractivity (Wildman–Crippen MR) is 91.0 cm³/mol. The Kier molecular flexibility index (Phi) is 3.95. The standard InChI is InChI=1S/C16H15N5O2S/c1-20(24(2,22)23)16-13(4-3-6-18-16)11-21-7-5-12-10-19-14(9-17)8-15(12)21/h3-8,10H,11H2,1-2H3. The number of sulfonamides is 1. The lowest BCUT2D eigenvalue weighted by Crippen LogP contribution is -2.27. The van der Waals surface area contributed by atoms with Crippen molar-refractivity contribution in [2.75, 3.05) is 17.6 Å². The molecule has 3 heterocycles. The number of hydrogen-bond donors (Lipinski definition) is 0. The summed E-state index contributed by atoms with van der Waals surface area (Å²) >= 11 is 0. The van der Waals surface area contributed by atoms with Crippen molar-refractivity contribution < 1.29 is 8.42 Å². The molecule has 24 heavy (non-hydrogen) atoms. The third-order valence-corrected chi connectivity index (χ3v) is 4.94. The molecule has 0 saturated heterocycles. The van der Waals surface area contributed by atoms with E-state index in [0.717, 1.165) is 27.0 Å². The monoisotopic (exact) mass is 341 g/mol. The van der Waals surface area contributed by atoms with Gasteiger partial charge in [-0.25, -0.2) is 18.4 Å². The zero-order valence-corrected chi connectivity index (χ0v) is 14.0. The summed E-state index contributed by atoms with van der Waals surface area (Å²) in [6.07, 6.45) is 6.23. The number of anilines is 1. The van der Waals surface area contributed by atoms with Gasteiger partial charge in [-0.1, -0.05) is 6.07 Å². The molecule has 0 aliphatic rings. The van der Waals surface area contributed by atoms with Crippen LogP contribution in [0.3, 0.4) is 0 Å². The van der Waals surface area contributed by atoms with E-state index >= 15 is 0 Å². The molecule has 3 aromatic heterocycles. The van der Waals surface area contributed by atoms with Gasteiger partial charge >= 0.3 is 0 Å². The molecule has 0 bridgehead atoms. The van der Waals surface area contributed by atoms with Crippen LogP contribution in [-0.2, 0) is 16.6 Å². The Morgan fingerprint density at radius 2 is 2.12 bits per heavy atom. The first-order valence-electron chi connectivity index (χ1n) is 7.13. The molecule has 0 radical (unpaired) electrons. The number of pyridine rings is 2. The Balaban J connectivity index is 2.06. The van der Waals surface area contributed by atoms with Crippen LogP contribution in [0.15, 0.2) is 42.9 Å². The van der Waals surface area contributed by atoms with E-state index in [1.54, 1.807) is 24.5 Å². The van der Waals surface area contributed by atoms with E-state index < -0.39 is 10.0 Å². The van der Waals surface area contributed by atoms with Crippen molar-refractivity contribution in [2.24, 2.45) is 0 Å². The lowest BCUT2D eigenvalue weighted by Gasteiger charge is -2.19. The fourth-order valence-corrected chi connectivity index (χ4v) is 2.94. The molecule has 0 unspecified atom stereocenters. The van der Waals surface area contributed by atoms with Crippen molar-refractivity contribution in [3.05, 3.63) is 54.1 Å². The molecule has 0 N–H and O–H groups in total. The van der Waals surface area contributed by atoms with Gasteiger partial charge in [0.2, 0.25) is 10.0 Å². The SMILES string of the molecule is CN(c1ncccc1Cn1ccc2cnc(C#N)cc21)S(C)(=O)=O. The van der Waals surface area contributed by atoms with Crippen molar-refractivity contribution in [2.45, 2.75) is 6.54 Å². The van der Waals surface area contributed by atoms with Gasteiger partial charge in [0, 0.05) is 36.6 Å². The molecule has 0 aromatic carbocycles. The number of nitrogens with zero attached hydrogens (tertiary/aromatic N) is 5. The molecular formula is C16H15N5O2S. The summed E-state index contributed by atoms with van der Waals surface area (Å²) in [4.78, 5) is 8.26. The average Bonchev–Trinajstić information content (AvgIpc) is 2.96. The predicted octanol–water partition coefficient (Wildman–Crippen LogP) is 1.75. The van der Waals surface area contributed by atoms with Gasteiger partial charge in [-0.05, 0) is 18.2 Å². The van der Waals surface area contributed by atoms with Gasteiger partial charge in [0.15, 0.2) is 0 Å². The first-order valence-corrected chi connectivity index (χ1v) is 8.98. The van der Waals surface area contributed by atoms with Crippen molar-refractivity contribution in [1.29, 1.82) is 5.26 Å². The van der Waals surface area contributed by atoms with Crippen LogP contribution in [0.25, 0.3) is 10.9 Å². The summed E-state index contributed by atoms with van der Waals surface area (Å²) in [5, 5.41) is 9.93. The zero-order valence-electron chi connectivity index (χ0n) is 13.2. The highest BCUT2D eigenvalue weighted by Crippen LogP contribution is 2.22. The molecule has 122 valence electrons. The van der Waals surface area contributed by atoms with E-state index in [1.807, 2.05) is 29.0 Å². The van der Waals surface area contributed by atoms with E-state index in [9.17, 15) is 8.42 Å². The maximum atomic E-state index is 11.8. The fourth-order valence-electron chi connectivity index (χ4n) is 2.46. The third kappa shape index (κ3) is 2.94. The van der Waals surface area contributed by atoms with Crippen molar-refractivity contribution in [3.8, 4) is 6.07 Å². The quantitative estimate of drug-likeness (QED) is 0.721. The second-order valence-electron chi connectivity index (χ2n) is 5.40. The minimum Gasteiger partial charge on any atom is -0.343 e. The molecule has 0 aliphatic carbocycles. The minimum absolute atomic E-state index is 0.335. The molecular weight excluding hydrogens is 326 g/mol. The normalized spacial score (nSPS) is 11.4. The molecule has 0 fully saturated rings. The fraction of sp³-hybridized carbons (Fsp3) is 0.188. The first-order chi connectivity index (χ1) is 11.4. The summed E-state index contributed by atoms with van der Waals surface area (Å²) in [5.74, 6) is 0.386. The summed E-state index contributed by atoms with van der Waals surface area (Å²) in [5.41, 5.74) is 1.96. The van der Waals surface area contributed by atoms with E-state index in [2.05, 4.69) is 9.97 Å². The number of aromatic nitrogens is 3. The van der Waals surface area contributed by atoms with Crippen LogP contribution in [0.4, 0.5) is 5.82 Å². The van der Waals surface area contributed by atoms with Crippen LogP contribution < -0.4 is 4.31 Å². The molecule has 0 amide bonds. The van der Waals surface area contributed by atoms with Crippen LogP contribution in [0, 0.1) is 11.3 Å². The summed E-state index contributed by atoms with van der Waals surface area (Å²) in [6, 6.07) is 9.24. The van der Waals surface area contributed by atoms with Gasteiger partial charge in [0.05, 0.1) is 18.3 Å². The molecule has 3 rings (SSSR count). The third-order valence-electron chi connectivity index (χ3n) is 3.77. The highest BCUT2D eigenvalue weighted by Gasteiger charge is 2.17. The highest BCUT2D eigenvalue weighted by molar-refractivity contribution is 7.92. The van der Waals surface area contributed by atoms with Gasteiger partial charge in [-0.3, -0.25) is 4.31 Å². The van der Waals surface area contributed by atoms with Gasteiger partial charge in [-0.2, -0.15) is 5.26 Å². The zero-order chi connectivity index (χ0) is 17.3. The maximum absolute atomic E-state index is 11.8. The Morgan fingerprint density at radius 1 is 1.33 bits per heavy atom. The molecule has 8 heteroatoms. The topological polar surface area (TPSA) is 91.9 Å². The first kappa shape index (κ1) is 16.0. The van der Waals surface area contributed by atoms with Crippen LogP contribution in [0.1, 0.15) is 11.3 Å². The number of fused-ring (bicyclic) bond motifs is 1. The molecule has 0 aliphatic heterocycles. The van der Waals surface area contributed by atoms with Gasteiger partial charge in [0.1, 0.15) is 17.6 Å². The molecule has 7 nitrogen and oxygen atoms in total. The van der Waals surface area contributed by atoms with E-state index in [1.165, 1.54) is 7.05 Å². The van der Waals surface area contributed by atoms with Gasteiger partial charge in [0.25, 0.3) is 0 Å². The lowest BCUT2D eigenvalue weighted by atomic mass is 10.2. The molecule has 0 saturated carbocycles. The second kappa shape index (κ2) is 5.94. The molecule has 3 aromatic rings. The minimum atomic E-state index is -3.40. The Hall–Kier alpha value is -2.92. The largest absolute Gasteiger partial charge is 0.343 e. The summed E-state index contributed by atoms with van der Waals surface area (Å²) in [7, 11) is -1.92. The van der Waals surface area contributed by atoms with Crippen LogP contribution >= 0.6 is 0 Å². The maximum Gasteiger partial charge on any atom is 0.233 e. The van der Waals surface area contributed by atoms with Crippen LogP contribution in [0.2, 0.25) is 0 Å². The lowest BCUT2D eigenvalue weighted by molar-refractivity contribution is 0.599. The van der Waals surface area contributed by atoms with E-state index in [0.29, 0.717) is 18.1 Å². The van der Waals surface area contributed by atoms with E-state index in [4.69, 9.17) is 5.26 Å². The summed E-state index contributed by atoms with van der Waals surface area (Å²) < 4.78 is 26.7. The average molecular weight is 341 g/mol. The van der Waals surface area contributed by atoms with Crippen molar-refractivity contribution in [3.63, 3.8) is 0 Å². The van der Waals surface area contributed by atoms with Crippen molar-refractivity contribution in [1.82, 2.24) is 14.5 Å². The van der Waals surface area contributed by atoms with Crippen LogP contribution in [-0.4, -0.2) is 36.3 Å². The number of rotatable bonds is 4.